The summed E-state index contributed by atoms with van der Waals surface area (Å²) in [6.07, 6.45) is -0.414. The maximum Gasteiger partial charge on any atom is 0.124 e. The van der Waals surface area contributed by atoms with Gasteiger partial charge in [-0.2, -0.15) is 0 Å². The van der Waals surface area contributed by atoms with Crippen LogP contribution in [-0.4, -0.2) is 41.4 Å². The molecule has 98 valence electrons. The SMILES string of the molecule is CC(O)CN(C)Cc1ccc(F)cc1C#CCO. The third-order valence-electron chi connectivity index (χ3n) is 2.39. The maximum absolute atomic E-state index is 13.1. The lowest BCUT2D eigenvalue weighted by Crippen LogP contribution is -2.27. The summed E-state index contributed by atoms with van der Waals surface area (Å²) >= 11 is 0. The van der Waals surface area contributed by atoms with E-state index in [0.29, 0.717) is 18.7 Å². The molecule has 1 atom stereocenters. The molecule has 0 heterocycles. The van der Waals surface area contributed by atoms with Crippen molar-refractivity contribution in [1.29, 1.82) is 0 Å². The van der Waals surface area contributed by atoms with E-state index in [0.717, 1.165) is 5.56 Å². The van der Waals surface area contributed by atoms with Gasteiger partial charge in [0.1, 0.15) is 12.4 Å². The van der Waals surface area contributed by atoms with E-state index in [4.69, 9.17) is 5.11 Å². The highest BCUT2D eigenvalue weighted by atomic mass is 19.1. The molecular weight excluding hydrogens is 233 g/mol. The van der Waals surface area contributed by atoms with Crippen LogP contribution in [0.2, 0.25) is 0 Å². The first-order chi connectivity index (χ1) is 8.52. The number of benzene rings is 1. The standard InChI is InChI=1S/C14H18FNO2/c1-11(18)9-16(2)10-13-5-6-14(15)8-12(13)4-3-7-17/h5-6,8,11,17-18H,7,9-10H2,1-2H3. The van der Waals surface area contributed by atoms with Gasteiger partial charge in [-0.1, -0.05) is 17.9 Å². The van der Waals surface area contributed by atoms with E-state index >= 15 is 0 Å². The molecule has 0 aliphatic heterocycles. The molecule has 0 saturated carbocycles. The van der Waals surface area contributed by atoms with Gasteiger partial charge in [-0.25, -0.2) is 4.39 Å². The monoisotopic (exact) mass is 251 g/mol. The van der Waals surface area contributed by atoms with Crippen molar-refractivity contribution in [2.75, 3.05) is 20.2 Å². The minimum atomic E-state index is -0.414. The van der Waals surface area contributed by atoms with Crippen molar-refractivity contribution in [3.05, 3.63) is 35.1 Å². The molecule has 0 bridgehead atoms. The highest BCUT2D eigenvalue weighted by Gasteiger charge is 2.07. The predicted octanol–water partition coefficient (Wildman–Crippen LogP) is 0.982. The van der Waals surface area contributed by atoms with Crippen molar-refractivity contribution >= 4 is 0 Å². The molecule has 0 aromatic heterocycles. The summed E-state index contributed by atoms with van der Waals surface area (Å²) in [5, 5.41) is 18.0. The van der Waals surface area contributed by atoms with Gasteiger partial charge in [0.25, 0.3) is 0 Å². The van der Waals surface area contributed by atoms with Crippen LogP contribution < -0.4 is 0 Å². The van der Waals surface area contributed by atoms with Crippen LogP contribution in [-0.2, 0) is 6.54 Å². The Balaban J connectivity index is 2.87. The number of halogens is 1. The van der Waals surface area contributed by atoms with Crippen LogP contribution in [0.5, 0.6) is 0 Å². The molecule has 0 aliphatic rings. The lowest BCUT2D eigenvalue weighted by molar-refractivity contribution is 0.138. The van der Waals surface area contributed by atoms with Gasteiger partial charge >= 0.3 is 0 Å². The third-order valence-corrected chi connectivity index (χ3v) is 2.39. The van der Waals surface area contributed by atoms with Crippen LogP contribution in [0.25, 0.3) is 0 Å². The number of aliphatic hydroxyl groups excluding tert-OH is 2. The number of likely N-dealkylation sites (N-methyl/N-ethyl adjacent to an activating group) is 1. The van der Waals surface area contributed by atoms with E-state index in [2.05, 4.69) is 11.8 Å². The fourth-order valence-corrected chi connectivity index (χ4v) is 1.74. The molecule has 18 heavy (non-hydrogen) atoms. The highest BCUT2D eigenvalue weighted by Crippen LogP contribution is 2.12. The van der Waals surface area contributed by atoms with Gasteiger partial charge in [-0.15, -0.1) is 0 Å². The number of hydrogen-bond donors (Lipinski definition) is 2. The number of aliphatic hydroxyl groups is 2. The van der Waals surface area contributed by atoms with Gasteiger partial charge in [0.05, 0.1) is 6.10 Å². The van der Waals surface area contributed by atoms with Gasteiger partial charge in [-0.3, -0.25) is 4.90 Å². The molecule has 4 heteroatoms. The summed E-state index contributed by atoms with van der Waals surface area (Å²) in [6.45, 7) is 2.57. The topological polar surface area (TPSA) is 43.7 Å². The summed E-state index contributed by atoms with van der Waals surface area (Å²) in [6, 6.07) is 4.42. The Bertz CT molecular complexity index is 449. The Morgan fingerprint density at radius 2 is 2.17 bits per heavy atom. The third kappa shape index (κ3) is 4.84. The van der Waals surface area contributed by atoms with E-state index in [1.165, 1.54) is 12.1 Å². The number of hydrogen-bond acceptors (Lipinski definition) is 3. The van der Waals surface area contributed by atoms with Crippen LogP contribution in [0, 0.1) is 17.7 Å². The van der Waals surface area contributed by atoms with Crippen molar-refractivity contribution in [1.82, 2.24) is 4.90 Å². The average molecular weight is 251 g/mol. The van der Waals surface area contributed by atoms with E-state index in [9.17, 15) is 9.50 Å². The first-order valence-corrected chi connectivity index (χ1v) is 5.77. The Morgan fingerprint density at radius 1 is 1.44 bits per heavy atom. The molecule has 0 amide bonds. The van der Waals surface area contributed by atoms with Crippen LogP contribution in [0.3, 0.4) is 0 Å². The predicted molar refractivity (Wildman–Crippen MR) is 68.4 cm³/mol. The molecule has 0 radical (unpaired) electrons. The first-order valence-electron chi connectivity index (χ1n) is 5.77. The van der Waals surface area contributed by atoms with Crippen molar-refractivity contribution < 1.29 is 14.6 Å². The summed E-state index contributed by atoms with van der Waals surface area (Å²) in [5.41, 5.74) is 1.45. The Labute approximate surface area is 107 Å². The van der Waals surface area contributed by atoms with E-state index in [-0.39, 0.29) is 12.4 Å². The molecule has 0 saturated heterocycles. The van der Waals surface area contributed by atoms with Gasteiger partial charge in [-0.05, 0) is 31.7 Å². The second kappa shape index (κ2) is 7.12. The Hall–Kier alpha value is -1.41. The Morgan fingerprint density at radius 3 is 2.78 bits per heavy atom. The minimum Gasteiger partial charge on any atom is -0.392 e. The molecular formula is C14H18FNO2. The fourth-order valence-electron chi connectivity index (χ4n) is 1.74. The first kappa shape index (κ1) is 14.7. The molecule has 0 aliphatic carbocycles. The van der Waals surface area contributed by atoms with Crippen molar-refractivity contribution in [2.24, 2.45) is 0 Å². The molecule has 1 aromatic carbocycles. The quantitative estimate of drug-likeness (QED) is 0.784. The zero-order valence-corrected chi connectivity index (χ0v) is 10.7. The normalized spacial score (nSPS) is 12.1. The lowest BCUT2D eigenvalue weighted by Gasteiger charge is -2.19. The zero-order valence-electron chi connectivity index (χ0n) is 10.7. The second-order valence-corrected chi connectivity index (χ2v) is 4.31. The van der Waals surface area contributed by atoms with Crippen LogP contribution in [0.15, 0.2) is 18.2 Å². The molecule has 0 fully saturated rings. The summed E-state index contributed by atoms with van der Waals surface area (Å²) in [5.74, 6) is 4.90. The van der Waals surface area contributed by atoms with Gasteiger partial charge in [0.15, 0.2) is 0 Å². The second-order valence-electron chi connectivity index (χ2n) is 4.31. The van der Waals surface area contributed by atoms with Crippen molar-refractivity contribution in [3.63, 3.8) is 0 Å². The molecule has 1 unspecified atom stereocenters. The highest BCUT2D eigenvalue weighted by molar-refractivity contribution is 5.41. The zero-order chi connectivity index (χ0) is 13.5. The van der Waals surface area contributed by atoms with E-state index in [1.807, 2.05) is 11.9 Å². The average Bonchev–Trinajstić information content (AvgIpc) is 2.28. The van der Waals surface area contributed by atoms with Crippen LogP contribution in [0.4, 0.5) is 4.39 Å². The smallest absolute Gasteiger partial charge is 0.124 e. The molecule has 1 aromatic rings. The van der Waals surface area contributed by atoms with Crippen LogP contribution in [0.1, 0.15) is 18.1 Å². The summed E-state index contributed by atoms with van der Waals surface area (Å²) in [7, 11) is 1.87. The molecule has 3 nitrogen and oxygen atoms in total. The van der Waals surface area contributed by atoms with Gasteiger partial charge in [0, 0.05) is 18.7 Å². The van der Waals surface area contributed by atoms with Crippen molar-refractivity contribution in [3.8, 4) is 11.8 Å². The summed E-state index contributed by atoms with van der Waals surface area (Å²) in [4.78, 5) is 1.93. The van der Waals surface area contributed by atoms with E-state index < -0.39 is 6.10 Å². The van der Waals surface area contributed by atoms with Gasteiger partial charge < -0.3 is 10.2 Å². The number of nitrogens with zero attached hydrogens (tertiary/aromatic N) is 1. The maximum atomic E-state index is 13.1. The Kier molecular flexibility index (Phi) is 5.79. The lowest BCUT2D eigenvalue weighted by atomic mass is 10.1. The van der Waals surface area contributed by atoms with E-state index in [1.54, 1.807) is 13.0 Å². The van der Waals surface area contributed by atoms with Crippen LogP contribution >= 0.6 is 0 Å². The largest absolute Gasteiger partial charge is 0.392 e. The fraction of sp³-hybridized carbons (Fsp3) is 0.429. The molecule has 0 spiro atoms. The molecule has 1 rings (SSSR count). The number of rotatable bonds is 4. The summed E-state index contributed by atoms with van der Waals surface area (Å²) < 4.78 is 13.1. The molecule has 2 N–H and O–H groups in total. The van der Waals surface area contributed by atoms with Crippen molar-refractivity contribution in [2.45, 2.75) is 19.6 Å². The minimum absolute atomic E-state index is 0.251. The van der Waals surface area contributed by atoms with Gasteiger partial charge in [0.2, 0.25) is 0 Å².